The normalized spacial score (nSPS) is 12.8. The van der Waals surface area contributed by atoms with Crippen LogP contribution in [0.2, 0.25) is 0 Å². The molecule has 2 nitrogen and oxygen atoms in total. The lowest BCUT2D eigenvalue weighted by Crippen LogP contribution is -2.17. The van der Waals surface area contributed by atoms with E-state index in [4.69, 9.17) is 4.74 Å². The molecule has 1 N–H and O–H groups in total. The minimum absolute atomic E-state index is 0.404. The summed E-state index contributed by atoms with van der Waals surface area (Å²) in [5, 5.41) is 3.27. The first-order chi connectivity index (χ1) is 6.38. The standard InChI is InChI=1S/C11H17NO/c1-12-11(8-9-13-2)10-6-4-3-5-7-10/h3-7,11-12H,8-9H2,1-2H3/t11-/m0/s1. The molecule has 0 aliphatic heterocycles. The summed E-state index contributed by atoms with van der Waals surface area (Å²) in [6.45, 7) is 0.792. The van der Waals surface area contributed by atoms with Crippen molar-refractivity contribution in [3.05, 3.63) is 35.9 Å². The fraction of sp³-hybridized carbons (Fsp3) is 0.455. The van der Waals surface area contributed by atoms with Crippen LogP contribution in [0.4, 0.5) is 0 Å². The SMILES string of the molecule is CN[C@@H](CCOC)c1ccccc1. The lowest BCUT2D eigenvalue weighted by atomic mass is 10.0. The third kappa shape index (κ3) is 3.17. The molecule has 0 aliphatic carbocycles. The van der Waals surface area contributed by atoms with Gasteiger partial charge in [-0.3, -0.25) is 0 Å². The van der Waals surface area contributed by atoms with Gasteiger partial charge in [-0.15, -0.1) is 0 Å². The smallest absolute Gasteiger partial charge is 0.0480 e. The molecule has 0 amide bonds. The highest BCUT2D eigenvalue weighted by atomic mass is 16.5. The van der Waals surface area contributed by atoms with Gasteiger partial charge in [0.2, 0.25) is 0 Å². The minimum atomic E-state index is 0.404. The summed E-state index contributed by atoms with van der Waals surface area (Å²) < 4.78 is 5.06. The van der Waals surface area contributed by atoms with E-state index < -0.39 is 0 Å². The Labute approximate surface area is 79.9 Å². The number of methoxy groups -OCH3 is 1. The third-order valence-corrected chi connectivity index (χ3v) is 2.16. The average molecular weight is 179 g/mol. The maximum atomic E-state index is 5.06. The maximum absolute atomic E-state index is 5.06. The molecular weight excluding hydrogens is 162 g/mol. The van der Waals surface area contributed by atoms with Crippen molar-refractivity contribution < 1.29 is 4.74 Å². The Bertz CT molecular complexity index is 223. The molecule has 0 spiro atoms. The Morgan fingerprint density at radius 3 is 2.54 bits per heavy atom. The number of nitrogens with one attached hydrogen (secondary N) is 1. The van der Waals surface area contributed by atoms with Gasteiger partial charge < -0.3 is 10.1 Å². The highest BCUT2D eigenvalue weighted by Crippen LogP contribution is 2.15. The van der Waals surface area contributed by atoms with E-state index >= 15 is 0 Å². The lowest BCUT2D eigenvalue weighted by Gasteiger charge is -2.15. The molecule has 1 rings (SSSR count). The van der Waals surface area contributed by atoms with Crippen LogP contribution in [0.1, 0.15) is 18.0 Å². The van der Waals surface area contributed by atoms with E-state index in [1.165, 1.54) is 5.56 Å². The van der Waals surface area contributed by atoms with Gasteiger partial charge in [-0.05, 0) is 19.0 Å². The minimum Gasteiger partial charge on any atom is -0.385 e. The van der Waals surface area contributed by atoms with E-state index in [0.717, 1.165) is 13.0 Å². The van der Waals surface area contributed by atoms with Crippen LogP contribution >= 0.6 is 0 Å². The van der Waals surface area contributed by atoms with Gasteiger partial charge in [-0.1, -0.05) is 30.3 Å². The summed E-state index contributed by atoms with van der Waals surface area (Å²) in [5.41, 5.74) is 1.32. The van der Waals surface area contributed by atoms with Crippen molar-refractivity contribution in [2.45, 2.75) is 12.5 Å². The number of rotatable bonds is 5. The van der Waals surface area contributed by atoms with Crippen LogP contribution in [-0.2, 0) is 4.74 Å². The van der Waals surface area contributed by atoms with Crippen LogP contribution in [0.3, 0.4) is 0 Å². The van der Waals surface area contributed by atoms with Crippen LogP contribution < -0.4 is 5.32 Å². The van der Waals surface area contributed by atoms with Crippen molar-refractivity contribution in [3.8, 4) is 0 Å². The van der Waals surface area contributed by atoms with Gasteiger partial charge in [0.25, 0.3) is 0 Å². The van der Waals surface area contributed by atoms with Crippen molar-refractivity contribution in [2.24, 2.45) is 0 Å². The summed E-state index contributed by atoms with van der Waals surface area (Å²) in [6.07, 6.45) is 1.01. The van der Waals surface area contributed by atoms with Gasteiger partial charge in [-0.25, -0.2) is 0 Å². The fourth-order valence-corrected chi connectivity index (χ4v) is 1.40. The second kappa shape index (κ2) is 5.73. The van der Waals surface area contributed by atoms with Crippen LogP contribution in [-0.4, -0.2) is 20.8 Å². The average Bonchev–Trinajstić information content (AvgIpc) is 2.21. The molecule has 0 aliphatic rings. The molecular formula is C11H17NO. The van der Waals surface area contributed by atoms with Crippen LogP contribution in [0.15, 0.2) is 30.3 Å². The van der Waals surface area contributed by atoms with Crippen molar-refractivity contribution in [1.29, 1.82) is 0 Å². The summed E-state index contributed by atoms with van der Waals surface area (Å²) in [6, 6.07) is 10.8. The van der Waals surface area contributed by atoms with Gasteiger partial charge in [0.1, 0.15) is 0 Å². The van der Waals surface area contributed by atoms with Gasteiger partial charge in [0.05, 0.1) is 0 Å². The molecule has 0 fully saturated rings. The topological polar surface area (TPSA) is 21.3 Å². The second-order valence-corrected chi connectivity index (χ2v) is 3.03. The van der Waals surface area contributed by atoms with E-state index in [0.29, 0.717) is 6.04 Å². The molecule has 0 saturated carbocycles. The first kappa shape index (κ1) is 10.2. The largest absolute Gasteiger partial charge is 0.385 e. The molecule has 72 valence electrons. The zero-order valence-corrected chi connectivity index (χ0v) is 8.29. The molecule has 0 saturated heterocycles. The molecule has 0 aromatic heterocycles. The molecule has 0 unspecified atom stereocenters. The molecule has 0 radical (unpaired) electrons. The van der Waals surface area contributed by atoms with Crippen LogP contribution in [0.5, 0.6) is 0 Å². The third-order valence-electron chi connectivity index (χ3n) is 2.16. The predicted octanol–water partition coefficient (Wildman–Crippen LogP) is 1.98. The zero-order chi connectivity index (χ0) is 9.52. The maximum Gasteiger partial charge on any atom is 0.0480 e. The van der Waals surface area contributed by atoms with Crippen molar-refractivity contribution in [1.82, 2.24) is 5.32 Å². The van der Waals surface area contributed by atoms with E-state index in [9.17, 15) is 0 Å². The summed E-state index contributed by atoms with van der Waals surface area (Å²) in [5.74, 6) is 0. The van der Waals surface area contributed by atoms with E-state index in [1.54, 1.807) is 7.11 Å². The van der Waals surface area contributed by atoms with Crippen LogP contribution in [0.25, 0.3) is 0 Å². The second-order valence-electron chi connectivity index (χ2n) is 3.03. The molecule has 13 heavy (non-hydrogen) atoms. The number of hydrogen-bond donors (Lipinski definition) is 1. The van der Waals surface area contributed by atoms with Gasteiger partial charge in [0, 0.05) is 19.8 Å². The summed E-state index contributed by atoms with van der Waals surface area (Å²) in [7, 11) is 3.71. The quantitative estimate of drug-likeness (QED) is 0.746. The monoisotopic (exact) mass is 179 g/mol. The van der Waals surface area contributed by atoms with Gasteiger partial charge >= 0.3 is 0 Å². The summed E-state index contributed by atoms with van der Waals surface area (Å²) in [4.78, 5) is 0. The van der Waals surface area contributed by atoms with Gasteiger partial charge in [0.15, 0.2) is 0 Å². The first-order valence-electron chi connectivity index (χ1n) is 4.59. The Balaban J connectivity index is 2.56. The lowest BCUT2D eigenvalue weighted by molar-refractivity contribution is 0.184. The van der Waals surface area contributed by atoms with E-state index in [-0.39, 0.29) is 0 Å². The van der Waals surface area contributed by atoms with Crippen molar-refractivity contribution >= 4 is 0 Å². The van der Waals surface area contributed by atoms with E-state index in [2.05, 4.69) is 29.6 Å². The highest BCUT2D eigenvalue weighted by molar-refractivity contribution is 5.18. The van der Waals surface area contributed by atoms with Gasteiger partial charge in [-0.2, -0.15) is 0 Å². The Morgan fingerprint density at radius 1 is 1.31 bits per heavy atom. The number of ether oxygens (including phenoxy) is 1. The molecule has 1 aromatic rings. The summed E-state index contributed by atoms with van der Waals surface area (Å²) >= 11 is 0. The molecule has 0 bridgehead atoms. The van der Waals surface area contributed by atoms with E-state index in [1.807, 2.05) is 13.1 Å². The zero-order valence-electron chi connectivity index (χ0n) is 8.29. The molecule has 2 heteroatoms. The Kier molecular flexibility index (Phi) is 4.50. The Hall–Kier alpha value is -0.860. The predicted molar refractivity (Wildman–Crippen MR) is 54.7 cm³/mol. The Morgan fingerprint density at radius 2 is 2.00 bits per heavy atom. The fourth-order valence-electron chi connectivity index (χ4n) is 1.40. The first-order valence-corrected chi connectivity index (χ1v) is 4.59. The van der Waals surface area contributed by atoms with Crippen molar-refractivity contribution in [3.63, 3.8) is 0 Å². The van der Waals surface area contributed by atoms with Crippen molar-refractivity contribution in [2.75, 3.05) is 20.8 Å². The number of benzene rings is 1. The number of hydrogen-bond acceptors (Lipinski definition) is 2. The van der Waals surface area contributed by atoms with Crippen LogP contribution in [0, 0.1) is 0 Å². The molecule has 1 atom stereocenters. The molecule has 0 heterocycles. The highest BCUT2D eigenvalue weighted by Gasteiger charge is 2.06. The molecule has 1 aromatic carbocycles.